The molecule has 1 fully saturated rings. The van der Waals surface area contributed by atoms with Crippen molar-refractivity contribution in [2.45, 2.75) is 45.6 Å². The van der Waals surface area contributed by atoms with E-state index in [2.05, 4.69) is 18.7 Å². The van der Waals surface area contributed by atoms with Gasteiger partial charge in [-0.05, 0) is 30.9 Å². The number of hydrogen-bond donors (Lipinski definition) is 1. The van der Waals surface area contributed by atoms with Crippen LogP contribution in [0.4, 0.5) is 11.4 Å². The van der Waals surface area contributed by atoms with Gasteiger partial charge in [0.1, 0.15) is 0 Å². The molecule has 1 aromatic rings. The average Bonchev–Trinajstić information content (AvgIpc) is 2.84. The summed E-state index contributed by atoms with van der Waals surface area (Å²) in [6.45, 7) is 5.47. The van der Waals surface area contributed by atoms with Gasteiger partial charge in [-0.25, -0.2) is 0 Å². The molecule has 106 valence electrons. The highest BCUT2D eigenvalue weighted by Crippen LogP contribution is 2.37. The second-order valence-corrected chi connectivity index (χ2v) is 6.62. The van der Waals surface area contributed by atoms with Crippen LogP contribution in [0.2, 0.25) is 10.0 Å². The van der Waals surface area contributed by atoms with Crippen LogP contribution in [-0.4, -0.2) is 12.6 Å². The van der Waals surface area contributed by atoms with Crippen molar-refractivity contribution in [3.05, 3.63) is 22.2 Å². The van der Waals surface area contributed by atoms with Crippen LogP contribution >= 0.6 is 23.2 Å². The first kappa shape index (κ1) is 14.8. The molecule has 0 saturated heterocycles. The zero-order valence-corrected chi connectivity index (χ0v) is 13.1. The van der Waals surface area contributed by atoms with Crippen molar-refractivity contribution in [2.24, 2.45) is 5.92 Å². The Morgan fingerprint density at radius 3 is 2.37 bits per heavy atom. The Morgan fingerprint density at radius 2 is 1.79 bits per heavy atom. The quantitative estimate of drug-likeness (QED) is 0.795. The van der Waals surface area contributed by atoms with Crippen molar-refractivity contribution in [3.63, 3.8) is 0 Å². The fourth-order valence-corrected chi connectivity index (χ4v) is 3.18. The van der Waals surface area contributed by atoms with Gasteiger partial charge in [-0.2, -0.15) is 0 Å². The molecule has 2 N–H and O–H groups in total. The number of nitrogens with zero attached hydrogens (tertiary/aromatic N) is 1. The van der Waals surface area contributed by atoms with Crippen molar-refractivity contribution in [3.8, 4) is 0 Å². The first-order valence-corrected chi connectivity index (χ1v) is 7.75. The Bertz CT molecular complexity index is 440. The fraction of sp³-hybridized carbons (Fsp3) is 0.600. The van der Waals surface area contributed by atoms with Gasteiger partial charge in [-0.3, -0.25) is 0 Å². The first-order chi connectivity index (χ1) is 8.99. The third-order valence-corrected chi connectivity index (χ3v) is 4.43. The Hall–Kier alpha value is -0.600. The standard InChI is InChI=1S/C15H22Cl2N2/c1-10(2)9-19(11-5-3-4-6-11)15-8-13(17)12(16)7-14(15)18/h7-8,10-11H,3-6,9,18H2,1-2H3. The van der Waals surface area contributed by atoms with Gasteiger partial charge in [-0.15, -0.1) is 0 Å². The molecular formula is C15H22Cl2N2. The van der Waals surface area contributed by atoms with E-state index in [1.54, 1.807) is 6.07 Å². The second-order valence-electron chi connectivity index (χ2n) is 5.81. The van der Waals surface area contributed by atoms with Gasteiger partial charge >= 0.3 is 0 Å². The highest BCUT2D eigenvalue weighted by molar-refractivity contribution is 6.42. The van der Waals surface area contributed by atoms with E-state index in [0.717, 1.165) is 17.9 Å². The maximum absolute atomic E-state index is 6.16. The van der Waals surface area contributed by atoms with Crippen molar-refractivity contribution < 1.29 is 0 Å². The lowest BCUT2D eigenvalue weighted by Crippen LogP contribution is -2.36. The van der Waals surface area contributed by atoms with Crippen LogP contribution in [0.3, 0.4) is 0 Å². The molecule has 19 heavy (non-hydrogen) atoms. The molecule has 0 bridgehead atoms. The molecule has 0 aliphatic heterocycles. The molecule has 0 unspecified atom stereocenters. The highest BCUT2D eigenvalue weighted by Gasteiger charge is 2.25. The molecule has 0 heterocycles. The summed E-state index contributed by atoms with van der Waals surface area (Å²) in [6, 6.07) is 4.27. The molecule has 0 amide bonds. The summed E-state index contributed by atoms with van der Waals surface area (Å²) in [5.41, 5.74) is 7.91. The van der Waals surface area contributed by atoms with Crippen LogP contribution < -0.4 is 10.6 Å². The normalized spacial score (nSPS) is 16.3. The van der Waals surface area contributed by atoms with Gasteiger partial charge in [0.2, 0.25) is 0 Å². The predicted molar refractivity (Wildman–Crippen MR) is 85.3 cm³/mol. The summed E-state index contributed by atoms with van der Waals surface area (Å²) < 4.78 is 0. The molecule has 0 spiro atoms. The summed E-state index contributed by atoms with van der Waals surface area (Å²) in [6.07, 6.45) is 5.10. The molecule has 1 saturated carbocycles. The predicted octanol–water partition coefficient (Wildman–Crippen LogP) is 4.98. The van der Waals surface area contributed by atoms with Crippen molar-refractivity contribution in [2.75, 3.05) is 17.2 Å². The third kappa shape index (κ3) is 3.49. The molecular weight excluding hydrogens is 279 g/mol. The molecule has 0 radical (unpaired) electrons. The molecule has 2 nitrogen and oxygen atoms in total. The lowest BCUT2D eigenvalue weighted by atomic mass is 10.1. The SMILES string of the molecule is CC(C)CN(c1cc(Cl)c(Cl)cc1N)C1CCCC1. The second kappa shape index (κ2) is 6.23. The molecule has 4 heteroatoms. The van der Waals surface area contributed by atoms with E-state index in [9.17, 15) is 0 Å². The number of nitrogens with two attached hydrogens (primary N) is 1. The summed E-state index contributed by atoms with van der Waals surface area (Å²) >= 11 is 12.2. The topological polar surface area (TPSA) is 29.3 Å². The fourth-order valence-electron chi connectivity index (χ4n) is 2.85. The zero-order chi connectivity index (χ0) is 14.0. The van der Waals surface area contributed by atoms with Gasteiger partial charge < -0.3 is 10.6 Å². The minimum atomic E-state index is 0.527. The monoisotopic (exact) mass is 300 g/mol. The van der Waals surface area contributed by atoms with Crippen LogP contribution in [0.25, 0.3) is 0 Å². The van der Waals surface area contributed by atoms with Crippen molar-refractivity contribution >= 4 is 34.6 Å². The molecule has 0 aromatic heterocycles. The van der Waals surface area contributed by atoms with E-state index in [0.29, 0.717) is 22.0 Å². The van der Waals surface area contributed by atoms with E-state index in [1.807, 2.05) is 6.07 Å². The number of nitrogen functional groups attached to an aromatic ring is 1. The van der Waals surface area contributed by atoms with Gasteiger partial charge in [0.05, 0.1) is 21.4 Å². The zero-order valence-electron chi connectivity index (χ0n) is 11.6. The third-order valence-electron chi connectivity index (χ3n) is 3.71. The van der Waals surface area contributed by atoms with Gasteiger partial charge in [0.15, 0.2) is 0 Å². The lowest BCUT2D eigenvalue weighted by Gasteiger charge is -2.34. The smallest absolute Gasteiger partial charge is 0.0618 e. The first-order valence-electron chi connectivity index (χ1n) is 7.00. The van der Waals surface area contributed by atoms with E-state index in [1.165, 1.54) is 25.7 Å². The average molecular weight is 301 g/mol. The number of hydrogen-bond acceptors (Lipinski definition) is 2. The number of anilines is 2. The molecule has 1 aliphatic rings. The minimum absolute atomic E-state index is 0.527. The van der Waals surface area contributed by atoms with Crippen LogP contribution in [-0.2, 0) is 0 Å². The highest BCUT2D eigenvalue weighted by atomic mass is 35.5. The Labute approximate surface area is 125 Å². The van der Waals surface area contributed by atoms with Gasteiger partial charge in [0.25, 0.3) is 0 Å². The summed E-state index contributed by atoms with van der Waals surface area (Å²) in [4.78, 5) is 2.43. The summed E-state index contributed by atoms with van der Waals surface area (Å²) in [5, 5.41) is 1.11. The molecule has 1 aliphatic carbocycles. The Morgan fingerprint density at radius 1 is 1.21 bits per heavy atom. The van der Waals surface area contributed by atoms with Crippen molar-refractivity contribution in [1.82, 2.24) is 0 Å². The number of halogens is 2. The number of rotatable bonds is 4. The summed E-state index contributed by atoms with van der Waals surface area (Å²) in [7, 11) is 0. The Balaban J connectivity index is 2.33. The van der Waals surface area contributed by atoms with Crippen LogP contribution in [0.5, 0.6) is 0 Å². The summed E-state index contributed by atoms with van der Waals surface area (Å²) in [5.74, 6) is 0.592. The lowest BCUT2D eigenvalue weighted by molar-refractivity contribution is 0.536. The molecule has 0 atom stereocenters. The van der Waals surface area contributed by atoms with E-state index in [-0.39, 0.29) is 0 Å². The minimum Gasteiger partial charge on any atom is -0.397 e. The van der Waals surface area contributed by atoms with E-state index >= 15 is 0 Å². The van der Waals surface area contributed by atoms with Crippen LogP contribution in [0.15, 0.2) is 12.1 Å². The van der Waals surface area contributed by atoms with Crippen molar-refractivity contribution in [1.29, 1.82) is 0 Å². The largest absolute Gasteiger partial charge is 0.397 e. The maximum atomic E-state index is 6.16. The van der Waals surface area contributed by atoms with Gasteiger partial charge in [0, 0.05) is 12.6 Å². The van der Waals surface area contributed by atoms with Crippen LogP contribution in [0, 0.1) is 5.92 Å². The molecule has 1 aromatic carbocycles. The van der Waals surface area contributed by atoms with Crippen LogP contribution in [0.1, 0.15) is 39.5 Å². The van der Waals surface area contributed by atoms with Gasteiger partial charge in [-0.1, -0.05) is 49.9 Å². The maximum Gasteiger partial charge on any atom is 0.0618 e. The van der Waals surface area contributed by atoms with E-state index < -0.39 is 0 Å². The van der Waals surface area contributed by atoms with E-state index in [4.69, 9.17) is 28.9 Å². The number of benzene rings is 1. The molecule has 2 rings (SSSR count). The Kier molecular flexibility index (Phi) is 4.86.